The van der Waals surface area contributed by atoms with Crippen molar-refractivity contribution in [2.45, 2.75) is 46.1 Å². The maximum atomic E-state index is 12.0. The molecule has 1 fully saturated rings. The molecule has 1 aromatic rings. The predicted molar refractivity (Wildman–Crippen MR) is 77.6 cm³/mol. The van der Waals surface area contributed by atoms with E-state index in [1.165, 1.54) is 11.5 Å². The number of hydrogen-bond acceptors (Lipinski definition) is 5. The summed E-state index contributed by atoms with van der Waals surface area (Å²) in [6.45, 7) is 11.7. The Labute approximate surface area is 118 Å². The molecule has 0 atom stereocenters. The summed E-state index contributed by atoms with van der Waals surface area (Å²) in [6.07, 6.45) is 0. The summed E-state index contributed by atoms with van der Waals surface area (Å²) in [5.74, 6) is 1.46. The van der Waals surface area contributed by atoms with Crippen molar-refractivity contribution >= 4 is 22.6 Å². The molecule has 1 saturated heterocycles. The first-order valence-electron chi connectivity index (χ1n) is 6.67. The maximum Gasteiger partial charge on any atom is 0.227 e. The molecule has 1 aliphatic heterocycles. The third kappa shape index (κ3) is 3.43. The fourth-order valence-electron chi connectivity index (χ4n) is 1.86. The minimum Gasteiger partial charge on any atom is -0.351 e. The first-order chi connectivity index (χ1) is 8.76. The molecular weight excluding hydrogens is 260 g/mol. The van der Waals surface area contributed by atoms with E-state index in [0.29, 0.717) is 5.92 Å². The van der Waals surface area contributed by atoms with Crippen molar-refractivity contribution in [2.24, 2.45) is 5.92 Å². The van der Waals surface area contributed by atoms with Crippen LogP contribution in [0.1, 0.15) is 46.4 Å². The lowest BCUT2D eigenvalue weighted by atomic mass is 9.98. The number of carbonyl (C=O) groups is 1. The molecule has 2 heterocycles. The molecule has 1 N–H and O–H groups in total. The van der Waals surface area contributed by atoms with Crippen molar-refractivity contribution in [3.05, 3.63) is 5.82 Å². The van der Waals surface area contributed by atoms with Crippen LogP contribution in [-0.2, 0) is 4.79 Å². The standard InChI is InChI=1S/C13H22N4OS/c1-8(2)10-14-12(19-16-10)17-6-9(7-17)11(18)15-13(3,4)5/h8-9H,6-7H2,1-5H3,(H,15,18). The first kappa shape index (κ1) is 14.2. The molecule has 1 amide bonds. The lowest BCUT2D eigenvalue weighted by molar-refractivity contribution is -0.127. The Kier molecular flexibility index (Phi) is 3.80. The molecule has 6 heteroatoms. The Morgan fingerprint density at radius 1 is 1.42 bits per heavy atom. The predicted octanol–water partition coefficient (Wildman–Crippen LogP) is 2.01. The van der Waals surface area contributed by atoms with E-state index >= 15 is 0 Å². The number of carbonyl (C=O) groups excluding carboxylic acids is 1. The van der Waals surface area contributed by atoms with Crippen LogP contribution in [0.4, 0.5) is 5.13 Å². The molecule has 0 spiro atoms. The lowest BCUT2D eigenvalue weighted by Gasteiger charge is -2.39. The third-order valence-electron chi connectivity index (χ3n) is 2.97. The topological polar surface area (TPSA) is 58.1 Å². The molecule has 2 rings (SSSR count). The van der Waals surface area contributed by atoms with Gasteiger partial charge >= 0.3 is 0 Å². The lowest BCUT2D eigenvalue weighted by Crippen LogP contribution is -2.56. The molecule has 5 nitrogen and oxygen atoms in total. The SMILES string of the molecule is CC(C)c1nsc(N2CC(C(=O)NC(C)(C)C)C2)n1. The minimum absolute atomic E-state index is 0.0747. The minimum atomic E-state index is -0.162. The van der Waals surface area contributed by atoms with Crippen LogP contribution in [0.2, 0.25) is 0 Å². The average molecular weight is 282 g/mol. The second-order valence-electron chi connectivity index (χ2n) is 6.43. The number of rotatable bonds is 3. The number of nitrogens with one attached hydrogen (secondary N) is 1. The van der Waals surface area contributed by atoms with Crippen molar-refractivity contribution < 1.29 is 4.79 Å². The smallest absolute Gasteiger partial charge is 0.227 e. The van der Waals surface area contributed by atoms with Crippen molar-refractivity contribution in [3.8, 4) is 0 Å². The zero-order chi connectivity index (χ0) is 14.2. The van der Waals surface area contributed by atoms with E-state index in [1.807, 2.05) is 20.8 Å². The van der Waals surface area contributed by atoms with Crippen LogP contribution in [-0.4, -0.2) is 33.9 Å². The summed E-state index contributed by atoms with van der Waals surface area (Å²) >= 11 is 1.42. The van der Waals surface area contributed by atoms with Crippen LogP contribution in [0.15, 0.2) is 0 Å². The maximum absolute atomic E-state index is 12.0. The van der Waals surface area contributed by atoms with Crippen molar-refractivity contribution in [2.75, 3.05) is 18.0 Å². The Hall–Kier alpha value is -1.17. The van der Waals surface area contributed by atoms with Gasteiger partial charge in [0.2, 0.25) is 11.0 Å². The largest absolute Gasteiger partial charge is 0.351 e. The van der Waals surface area contributed by atoms with Gasteiger partial charge in [0.05, 0.1) is 5.92 Å². The van der Waals surface area contributed by atoms with Gasteiger partial charge in [0.15, 0.2) is 0 Å². The second-order valence-corrected chi connectivity index (χ2v) is 7.16. The third-order valence-corrected chi connectivity index (χ3v) is 3.76. The van der Waals surface area contributed by atoms with Gasteiger partial charge in [-0.05, 0) is 20.8 Å². The van der Waals surface area contributed by atoms with Crippen molar-refractivity contribution in [3.63, 3.8) is 0 Å². The number of nitrogens with zero attached hydrogens (tertiary/aromatic N) is 3. The quantitative estimate of drug-likeness (QED) is 0.921. The average Bonchev–Trinajstić information content (AvgIpc) is 2.61. The highest BCUT2D eigenvalue weighted by atomic mass is 32.1. The van der Waals surface area contributed by atoms with Gasteiger partial charge in [0, 0.05) is 36.1 Å². The highest BCUT2D eigenvalue weighted by Crippen LogP contribution is 2.28. The Balaban J connectivity index is 1.87. The van der Waals surface area contributed by atoms with Crippen LogP contribution in [0.5, 0.6) is 0 Å². The summed E-state index contributed by atoms with van der Waals surface area (Å²) in [5.41, 5.74) is -0.162. The van der Waals surface area contributed by atoms with E-state index in [4.69, 9.17) is 0 Å². The molecule has 0 radical (unpaired) electrons. The van der Waals surface area contributed by atoms with Gasteiger partial charge in [-0.25, -0.2) is 4.98 Å². The summed E-state index contributed by atoms with van der Waals surface area (Å²) in [6, 6.07) is 0. The van der Waals surface area contributed by atoms with Gasteiger partial charge in [-0.2, -0.15) is 4.37 Å². The van der Waals surface area contributed by atoms with E-state index in [-0.39, 0.29) is 17.4 Å². The van der Waals surface area contributed by atoms with Crippen molar-refractivity contribution in [1.29, 1.82) is 0 Å². The Morgan fingerprint density at radius 2 is 2.05 bits per heavy atom. The highest BCUT2D eigenvalue weighted by Gasteiger charge is 2.35. The van der Waals surface area contributed by atoms with Gasteiger partial charge in [0.25, 0.3) is 0 Å². The van der Waals surface area contributed by atoms with E-state index in [1.54, 1.807) is 0 Å². The molecule has 1 aliphatic rings. The first-order valence-corrected chi connectivity index (χ1v) is 7.44. The van der Waals surface area contributed by atoms with Gasteiger partial charge < -0.3 is 10.2 Å². The van der Waals surface area contributed by atoms with E-state index in [0.717, 1.165) is 24.0 Å². The molecule has 0 saturated carbocycles. The van der Waals surface area contributed by atoms with Gasteiger partial charge in [0.1, 0.15) is 5.82 Å². The van der Waals surface area contributed by atoms with Crippen LogP contribution in [0.25, 0.3) is 0 Å². The zero-order valence-electron chi connectivity index (χ0n) is 12.2. The molecule has 106 valence electrons. The van der Waals surface area contributed by atoms with Crippen LogP contribution >= 0.6 is 11.5 Å². The van der Waals surface area contributed by atoms with Crippen LogP contribution in [0.3, 0.4) is 0 Å². The summed E-state index contributed by atoms with van der Waals surface area (Å²) in [7, 11) is 0. The van der Waals surface area contributed by atoms with Gasteiger partial charge in [-0.3, -0.25) is 4.79 Å². The zero-order valence-corrected chi connectivity index (χ0v) is 13.0. The fourth-order valence-corrected chi connectivity index (χ4v) is 2.69. The number of amides is 1. The fraction of sp³-hybridized carbons (Fsp3) is 0.769. The van der Waals surface area contributed by atoms with Crippen molar-refractivity contribution in [1.82, 2.24) is 14.7 Å². The molecule has 0 aliphatic carbocycles. The number of aromatic nitrogens is 2. The Bertz CT molecular complexity index is 457. The highest BCUT2D eigenvalue weighted by molar-refractivity contribution is 7.09. The second kappa shape index (κ2) is 5.07. The van der Waals surface area contributed by atoms with E-state index < -0.39 is 0 Å². The monoisotopic (exact) mass is 282 g/mol. The van der Waals surface area contributed by atoms with E-state index in [2.05, 4.69) is 33.4 Å². The number of hydrogen-bond donors (Lipinski definition) is 1. The summed E-state index contributed by atoms with van der Waals surface area (Å²) in [4.78, 5) is 18.6. The molecular formula is C13H22N4OS. The summed E-state index contributed by atoms with van der Waals surface area (Å²) < 4.78 is 4.34. The molecule has 0 bridgehead atoms. The Morgan fingerprint density at radius 3 is 2.53 bits per heavy atom. The summed E-state index contributed by atoms with van der Waals surface area (Å²) in [5, 5.41) is 3.95. The molecule has 0 unspecified atom stereocenters. The van der Waals surface area contributed by atoms with Crippen LogP contribution < -0.4 is 10.2 Å². The molecule has 0 aromatic carbocycles. The van der Waals surface area contributed by atoms with Crippen LogP contribution in [0, 0.1) is 5.92 Å². The molecule has 1 aromatic heterocycles. The van der Waals surface area contributed by atoms with Gasteiger partial charge in [-0.1, -0.05) is 13.8 Å². The normalized spacial score (nSPS) is 16.6. The number of anilines is 1. The van der Waals surface area contributed by atoms with Gasteiger partial charge in [-0.15, -0.1) is 0 Å². The molecule has 19 heavy (non-hydrogen) atoms. The van der Waals surface area contributed by atoms with E-state index in [9.17, 15) is 4.79 Å².